The molecule has 0 spiro atoms. The first kappa shape index (κ1) is 18.0. The number of piperazine rings is 1. The van der Waals surface area contributed by atoms with Gasteiger partial charge >= 0.3 is 0 Å². The molecule has 134 valence electrons. The van der Waals surface area contributed by atoms with Gasteiger partial charge in [0.25, 0.3) is 0 Å². The first-order valence-electron chi connectivity index (χ1n) is 8.92. The lowest BCUT2D eigenvalue weighted by Crippen LogP contribution is -2.44. The zero-order valence-electron chi connectivity index (χ0n) is 14.8. The van der Waals surface area contributed by atoms with Crippen molar-refractivity contribution < 1.29 is 4.79 Å². The van der Waals surface area contributed by atoms with Gasteiger partial charge in [-0.3, -0.25) is 4.79 Å². The summed E-state index contributed by atoms with van der Waals surface area (Å²) in [5.41, 5.74) is 3.19. The zero-order valence-corrected chi connectivity index (χ0v) is 15.6. The summed E-state index contributed by atoms with van der Waals surface area (Å²) in [6.45, 7) is 8.21. The minimum absolute atomic E-state index is 0.0565. The lowest BCUT2D eigenvalue weighted by Gasteiger charge is -2.27. The minimum atomic E-state index is 0.0565. The van der Waals surface area contributed by atoms with Crippen molar-refractivity contribution in [3.63, 3.8) is 0 Å². The van der Waals surface area contributed by atoms with Crippen molar-refractivity contribution in [1.29, 1.82) is 0 Å². The summed E-state index contributed by atoms with van der Waals surface area (Å²) < 4.78 is 0. The molecule has 0 aliphatic carbocycles. The lowest BCUT2D eigenvalue weighted by atomic mass is 10.2. The van der Waals surface area contributed by atoms with Crippen LogP contribution in [0.2, 0.25) is 0 Å². The fraction of sp³-hybridized carbons (Fsp3) is 0.474. The number of aromatic nitrogens is 1. The van der Waals surface area contributed by atoms with Gasteiger partial charge in [0.1, 0.15) is 5.01 Å². The number of hydrogen-bond acceptors (Lipinski definition) is 5. The van der Waals surface area contributed by atoms with Gasteiger partial charge in [0, 0.05) is 43.7 Å². The number of nitrogens with zero attached hydrogens (tertiary/aromatic N) is 2. The molecule has 25 heavy (non-hydrogen) atoms. The molecular formula is C19H26N4OS. The molecule has 0 saturated carbocycles. The molecule has 2 heterocycles. The smallest absolute Gasteiger partial charge is 0.226 e. The fourth-order valence-corrected chi connectivity index (χ4v) is 3.73. The Bertz CT molecular complexity index is 677. The van der Waals surface area contributed by atoms with E-state index in [0.29, 0.717) is 6.42 Å². The van der Waals surface area contributed by atoms with Gasteiger partial charge in [-0.25, -0.2) is 4.98 Å². The highest BCUT2D eigenvalue weighted by atomic mass is 32.1. The highest BCUT2D eigenvalue weighted by Crippen LogP contribution is 2.24. The molecule has 6 heteroatoms. The Morgan fingerprint density at radius 1 is 1.28 bits per heavy atom. The highest BCUT2D eigenvalue weighted by molar-refractivity contribution is 7.13. The summed E-state index contributed by atoms with van der Waals surface area (Å²) in [6.07, 6.45) is 1.35. The molecule has 1 aromatic heterocycles. The quantitative estimate of drug-likeness (QED) is 0.744. The Balaban J connectivity index is 1.40. The number of aryl methyl sites for hydroxylation is 1. The Morgan fingerprint density at radius 3 is 2.80 bits per heavy atom. The summed E-state index contributed by atoms with van der Waals surface area (Å²) in [6, 6.07) is 8.32. The van der Waals surface area contributed by atoms with Gasteiger partial charge in [0.05, 0.1) is 12.1 Å². The van der Waals surface area contributed by atoms with Crippen LogP contribution in [0.3, 0.4) is 0 Å². The van der Waals surface area contributed by atoms with Gasteiger partial charge < -0.3 is 15.5 Å². The van der Waals surface area contributed by atoms with Crippen molar-refractivity contribution in [2.75, 3.05) is 39.3 Å². The third-order valence-electron chi connectivity index (χ3n) is 4.37. The van der Waals surface area contributed by atoms with E-state index in [1.807, 2.05) is 5.38 Å². The minimum Gasteiger partial charge on any atom is -0.356 e. The van der Waals surface area contributed by atoms with Crippen LogP contribution in [-0.4, -0.2) is 55.1 Å². The van der Waals surface area contributed by atoms with Crippen molar-refractivity contribution in [3.8, 4) is 10.6 Å². The average molecular weight is 359 g/mol. The Morgan fingerprint density at radius 2 is 2.04 bits per heavy atom. The van der Waals surface area contributed by atoms with Gasteiger partial charge in [-0.05, 0) is 19.9 Å². The number of carbonyl (C=O) groups excluding carboxylic acids is 1. The van der Waals surface area contributed by atoms with Crippen LogP contribution in [0.25, 0.3) is 10.6 Å². The molecule has 1 amide bonds. The Hall–Kier alpha value is -1.76. The maximum atomic E-state index is 12.1. The number of thiazole rings is 1. The number of nitrogens with one attached hydrogen (secondary N) is 2. The van der Waals surface area contributed by atoms with E-state index in [9.17, 15) is 4.79 Å². The molecule has 0 bridgehead atoms. The van der Waals surface area contributed by atoms with Gasteiger partial charge in [-0.15, -0.1) is 11.3 Å². The Labute approximate surface area is 153 Å². The normalized spacial score (nSPS) is 15.2. The van der Waals surface area contributed by atoms with E-state index >= 15 is 0 Å². The van der Waals surface area contributed by atoms with Crippen molar-refractivity contribution in [2.45, 2.75) is 19.8 Å². The SMILES string of the molecule is Cc1ccc(-c2nc(CC(=O)NCCCN3CCNCC3)cs2)cc1. The van der Waals surface area contributed by atoms with Crippen molar-refractivity contribution in [2.24, 2.45) is 0 Å². The number of benzene rings is 1. The summed E-state index contributed by atoms with van der Waals surface area (Å²) >= 11 is 1.59. The third kappa shape index (κ3) is 5.63. The van der Waals surface area contributed by atoms with Crippen LogP contribution >= 0.6 is 11.3 Å². The Kier molecular flexibility index (Phi) is 6.55. The van der Waals surface area contributed by atoms with Gasteiger partial charge in [-0.1, -0.05) is 29.8 Å². The second kappa shape index (κ2) is 9.08. The van der Waals surface area contributed by atoms with E-state index in [0.717, 1.165) is 62.0 Å². The van der Waals surface area contributed by atoms with Crippen LogP contribution in [0.15, 0.2) is 29.6 Å². The molecule has 1 aliphatic heterocycles. The molecule has 2 aromatic rings. The number of rotatable bonds is 7. The van der Waals surface area contributed by atoms with Gasteiger partial charge in [-0.2, -0.15) is 0 Å². The van der Waals surface area contributed by atoms with E-state index in [1.54, 1.807) is 11.3 Å². The van der Waals surface area contributed by atoms with Crippen LogP contribution in [0.4, 0.5) is 0 Å². The van der Waals surface area contributed by atoms with Crippen LogP contribution in [0.5, 0.6) is 0 Å². The second-order valence-electron chi connectivity index (χ2n) is 6.48. The lowest BCUT2D eigenvalue weighted by molar-refractivity contribution is -0.120. The number of carbonyl (C=O) groups is 1. The molecule has 0 radical (unpaired) electrons. The molecule has 3 rings (SSSR count). The molecule has 1 fully saturated rings. The van der Waals surface area contributed by atoms with Crippen LogP contribution in [-0.2, 0) is 11.2 Å². The first-order chi connectivity index (χ1) is 12.2. The second-order valence-corrected chi connectivity index (χ2v) is 7.34. The van der Waals surface area contributed by atoms with Crippen molar-refractivity contribution >= 4 is 17.2 Å². The van der Waals surface area contributed by atoms with Crippen LogP contribution < -0.4 is 10.6 Å². The highest BCUT2D eigenvalue weighted by Gasteiger charge is 2.10. The largest absolute Gasteiger partial charge is 0.356 e. The summed E-state index contributed by atoms with van der Waals surface area (Å²) in [5, 5.41) is 9.32. The molecule has 1 aliphatic rings. The maximum Gasteiger partial charge on any atom is 0.226 e. The summed E-state index contributed by atoms with van der Waals surface area (Å²) in [4.78, 5) is 19.1. The van der Waals surface area contributed by atoms with E-state index in [2.05, 4.69) is 51.7 Å². The standard InChI is InChI=1S/C19H26N4OS/c1-15-3-5-16(6-4-15)19-22-17(14-25-19)13-18(24)21-7-2-10-23-11-8-20-9-12-23/h3-6,14,20H,2,7-13H2,1H3,(H,21,24). The van der Waals surface area contributed by atoms with E-state index in [4.69, 9.17) is 0 Å². The summed E-state index contributed by atoms with van der Waals surface area (Å²) in [7, 11) is 0. The van der Waals surface area contributed by atoms with Crippen molar-refractivity contribution in [1.82, 2.24) is 20.5 Å². The molecule has 1 aromatic carbocycles. The first-order valence-corrected chi connectivity index (χ1v) is 9.80. The predicted octanol–water partition coefficient (Wildman–Crippen LogP) is 2.07. The van der Waals surface area contributed by atoms with E-state index in [1.165, 1.54) is 5.56 Å². The molecular weight excluding hydrogens is 332 g/mol. The monoisotopic (exact) mass is 358 g/mol. The molecule has 1 saturated heterocycles. The third-order valence-corrected chi connectivity index (χ3v) is 5.32. The average Bonchev–Trinajstić information content (AvgIpc) is 3.09. The molecule has 2 N–H and O–H groups in total. The number of hydrogen-bond donors (Lipinski definition) is 2. The molecule has 5 nitrogen and oxygen atoms in total. The van der Waals surface area contributed by atoms with E-state index in [-0.39, 0.29) is 5.91 Å². The maximum absolute atomic E-state index is 12.1. The molecule has 0 atom stereocenters. The van der Waals surface area contributed by atoms with Gasteiger partial charge in [0.15, 0.2) is 0 Å². The predicted molar refractivity (Wildman–Crippen MR) is 103 cm³/mol. The van der Waals surface area contributed by atoms with Crippen LogP contribution in [0, 0.1) is 6.92 Å². The topological polar surface area (TPSA) is 57.3 Å². The zero-order chi connectivity index (χ0) is 17.5. The van der Waals surface area contributed by atoms with Crippen LogP contribution in [0.1, 0.15) is 17.7 Å². The fourth-order valence-electron chi connectivity index (χ4n) is 2.91. The summed E-state index contributed by atoms with van der Waals surface area (Å²) in [5.74, 6) is 0.0565. The van der Waals surface area contributed by atoms with Crippen molar-refractivity contribution in [3.05, 3.63) is 40.9 Å². The van der Waals surface area contributed by atoms with Gasteiger partial charge in [0.2, 0.25) is 5.91 Å². The van der Waals surface area contributed by atoms with E-state index < -0.39 is 0 Å². The molecule has 0 unspecified atom stereocenters. The number of amides is 1.